The van der Waals surface area contributed by atoms with Gasteiger partial charge in [0.15, 0.2) is 0 Å². The predicted octanol–water partition coefficient (Wildman–Crippen LogP) is 3.75. The van der Waals surface area contributed by atoms with E-state index in [1.807, 2.05) is 6.92 Å². The van der Waals surface area contributed by atoms with Gasteiger partial charge in [-0.15, -0.1) is 0 Å². The number of carbonyl (C=O) groups is 1. The smallest absolute Gasteiger partial charge is 0.304 e. The number of aliphatic carboxylic acids is 1. The predicted molar refractivity (Wildman–Crippen MR) is 74.7 cm³/mol. The highest BCUT2D eigenvalue weighted by atomic mass is 16.5. The van der Waals surface area contributed by atoms with E-state index in [4.69, 9.17) is 9.84 Å². The fourth-order valence-corrected chi connectivity index (χ4v) is 2.23. The monoisotopic (exact) mass is 262 g/mol. The van der Waals surface area contributed by atoms with Crippen molar-refractivity contribution in [1.29, 1.82) is 0 Å². The molecule has 1 N–H and O–H groups in total. The Morgan fingerprint density at radius 3 is 2.63 bits per heavy atom. The van der Waals surface area contributed by atoms with Gasteiger partial charge in [0.25, 0.3) is 0 Å². The summed E-state index contributed by atoms with van der Waals surface area (Å²) in [5, 5.41) is 8.90. The van der Waals surface area contributed by atoms with E-state index in [2.05, 4.69) is 32.0 Å². The summed E-state index contributed by atoms with van der Waals surface area (Å²) in [6.45, 7) is 6.85. The van der Waals surface area contributed by atoms with Crippen molar-refractivity contribution in [1.82, 2.24) is 0 Å². The average molecular weight is 262 g/mol. The van der Waals surface area contributed by atoms with Gasteiger partial charge in [0, 0.05) is 5.41 Å². The first-order chi connectivity index (χ1) is 8.92. The molecule has 0 saturated heterocycles. The minimum absolute atomic E-state index is 0.119. The molecule has 0 aliphatic heterocycles. The van der Waals surface area contributed by atoms with Crippen LogP contribution in [0.25, 0.3) is 0 Å². The Balaban J connectivity index is 2.03. The zero-order chi connectivity index (χ0) is 14.0. The largest absolute Gasteiger partial charge is 0.493 e. The maximum Gasteiger partial charge on any atom is 0.304 e. The summed E-state index contributed by atoms with van der Waals surface area (Å²) < 4.78 is 5.89. The molecule has 1 aliphatic rings. The van der Waals surface area contributed by atoms with E-state index >= 15 is 0 Å². The Hall–Kier alpha value is -1.51. The molecule has 104 valence electrons. The Kier molecular flexibility index (Phi) is 3.83. The fourth-order valence-electron chi connectivity index (χ4n) is 2.23. The number of hydrogen-bond acceptors (Lipinski definition) is 2. The first kappa shape index (κ1) is 13.9. The standard InChI is InChI=1S/C16H22O3/c1-11(2)13-5-4-12(3)14(8-13)19-10-16(6-7-16)9-15(17)18/h4-5,8,11H,6-7,9-10H2,1-3H3,(H,17,18). The van der Waals surface area contributed by atoms with E-state index in [1.165, 1.54) is 5.56 Å². The molecule has 0 spiro atoms. The van der Waals surface area contributed by atoms with Gasteiger partial charge in [-0.05, 0) is 42.9 Å². The highest BCUT2D eigenvalue weighted by molar-refractivity contribution is 5.68. The van der Waals surface area contributed by atoms with Crippen LogP contribution in [0.5, 0.6) is 5.75 Å². The summed E-state index contributed by atoms with van der Waals surface area (Å²) in [6.07, 6.45) is 2.14. The number of carboxylic acids is 1. The molecule has 19 heavy (non-hydrogen) atoms. The third-order valence-electron chi connectivity index (χ3n) is 3.90. The average Bonchev–Trinajstić information content (AvgIpc) is 3.07. The quantitative estimate of drug-likeness (QED) is 0.849. The van der Waals surface area contributed by atoms with Gasteiger partial charge in [-0.25, -0.2) is 0 Å². The lowest BCUT2D eigenvalue weighted by Gasteiger charge is -2.17. The first-order valence-corrected chi connectivity index (χ1v) is 6.87. The normalized spacial score (nSPS) is 16.4. The minimum Gasteiger partial charge on any atom is -0.493 e. The second-order valence-electron chi connectivity index (χ2n) is 6.04. The molecule has 0 radical (unpaired) electrons. The third kappa shape index (κ3) is 3.49. The molecule has 1 aromatic carbocycles. The van der Waals surface area contributed by atoms with Crippen LogP contribution >= 0.6 is 0 Å². The van der Waals surface area contributed by atoms with Gasteiger partial charge in [-0.3, -0.25) is 4.79 Å². The number of rotatable bonds is 6. The number of carboxylic acid groups (broad SMARTS) is 1. The molecule has 0 amide bonds. The Morgan fingerprint density at radius 2 is 2.11 bits per heavy atom. The summed E-state index contributed by atoms with van der Waals surface area (Å²) in [5.41, 5.74) is 2.24. The van der Waals surface area contributed by atoms with Crippen molar-refractivity contribution >= 4 is 5.97 Å². The van der Waals surface area contributed by atoms with E-state index < -0.39 is 5.97 Å². The van der Waals surface area contributed by atoms with Crippen LogP contribution in [0, 0.1) is 12.3 Å². The van der Waals surface area contributed by atoms with Gasteiger partial charge in [-0.2, -0.15) is 0 Å². The van der Waals surface area contributed by atoms with Gasteiger partial charge in [-0.1, -0.05) is 26.0 Å². The molecule has 0 unspecified atom stereocenters. The van der Waals surface area contributed by atoms with Crippen molar-refractivity contribution in [2.45, 2.75) is 46.0 Å². The molecule has 0 bridgehead atoms. The maximum atomic E-state index is 10.8. The van der Waals surface area contributed by atoms with Crippen molar-refractivity contribution in [2.24, 2.45) is 5.41 Å². The topological polar surface area (TPSA) is 46.5 Å². The fraction of sp³-hybridized carbons (Fsp3) is 0.562. The summed E-state index contributed by atoms with van der Waals surface area (Å²) in [5.74, 6) is 0.633. The minimum atomic E-state index is -0.728. The Bertz CT molecular complexity index is 473. The van der Waals surface area contributed by atoms with Crippen LogP contribution < -0.4 is 4.74 Å². The molecule has 0 aromatic heterocycles. The molecule has 3 nitrogen and oxygen atoms in total. The van der Waals surface area contributed by atoms with Crippen LogP contribution in [0.4, 0.5) is 0 Å². The molecule has 0 heterocycles. The molecule has 1 aromatic rings. The van der Waals surface area contributed by atoms with Crippen LogP contribution in [0.3, 0.4) is 0 Å². The van der Waals surface area contributed by atoms with Crippen molar-refractivity contribution in [3.63, 3.8) is 0 Å². The highest BCUT2D eigenvalue weighted by Crippen LogP contribution is 2.49. The zero-order valence-electron chi connectivity index (χ0n) is 11.9. The van der Waals surface area contributed by atoms with E-state index in [9.17, 15) is 4.79 Å². The lowest BCUT2D eigenvalue weighted by atomic mass is 10.0. The van der Waals surface area contributed by atoms with Crippen molar-refractivity contribution in [3.05, 3.63) is 29.3 Å². The van der Waals surface area contributed by atoms with E-state index in [0.29, 0.717) is 12.5 Å². The number of aryl methyl sites for hydroxylation is 1. The zero-order valence-corrected chi connectivity index (χ0v) is 11.9. The molecular weight excluding hydrogens is 240 g/mol. The molecule has 1 saturated carbocycles. The van der Waals surface area contributed by atoms with Gasteiger partial charge < -0.3 is 9.84 Å². The van der Waals surface area contributed by atoms with Crippen LogP contribution in [0.2, 0.25) is 0 Å². The van der Waals surface area contributed by atoms with E-state index in [1.54, 1.807) is 0 Å². The number of benzene rings is 1. The van der Waals surface area contributed by atoms with Crippen LogP contribution in [0.15, 0.2) is 18.2 Å². The van der Waals surface area contributed by atoms with Crippen molar-refractivity contribution in [2.75, 3.05) is 6.61 Å². The second-order valence-corrected chi connectivity index (χ2v) is 6.04. The molecule has 3 heteroatoms. The number of hydrogen-bond donors (Lipinski definition) is 1. The first-order valence-electron chi connectivity index (χ1n) is 6.87. The Morgan fingerprint density at radius 1 is 1.42 bits per heavy atom. The third-order valence-corrected chi connectivity index (χ3v) is 3.90. The van der Waals surface area contributed by atoms with E-state index in [0.717, 1.165) is 24.2 Å². The second kappa shape index (κ2) is 5.24. The SMILES string of the molecule is Cc1ccc(C(C)C)cc1OCC1(CC(=O)O)CC1. The highest BCUT2D eigenvalue weighted by Gasteiger charge is 2.45. The maximum absolute atomic E-state index is 10.8. The lowest BCUT2D eigenvalue weighted by Crippen LogP contribution is -2.17. The molecule has 1 aliphatic carbocycles. The van der Waals surface area contributed by atoms with E-state index in [-0.39, 0.29) is 11.8 Å². The Labute approximate surface area is 114 Å². The van der Waals surface area contributed by atoms with Gasteiger partial charge in [0.05, 0.1) is 13.0 Å². The number of ether oxygens (including phenoxy) is 1. The summed E-state index contributed by atoms with van der Waals surface area (Å²) >= 11 is 0. The lowest BCUT2D eigenvalue weighted by molar-refractivity contribution is -0.138. The molecule has 2 rings (SSSR count). The van der Waals surface area contributed by atoms with Crippen molar-refractivity contribution in [3.8, 4) is 5.75 Å². The van der Waals surface area contributed by atoms with Gasteiger partial charge >= 0.3 is 5.97 Å². The van der Waals surface area contributed by atoms with Crippen LogP contribution in [-0.2, 0) is 4.79 Å². The molecule has 1 fully saturated rings. The van der Waals surface area contributed by atoms with Gasteiger partial charge in [0.2, 0.25) is 0 Å². The summed E-state index contributed by atoms with van der Waals surface area (Å²) in [4.78, 5) is 10.8. The molecule has 0 atom stereocenters. The molecular formula is C16H22O3. The van der Waals surface area contributed by atoms with Gasteiger partial charge in [0.1, 0.15) is 5.75 Å². The van der Waals surface area contributed by atoms with Crippen LogP contribution in [0.1, 0.15) is 50.2 Å². The van der Waals surface area contributed by atoms with Crippen LogP contribution in [-0.4, -0.2) is 17.7 Å². The van der Waals surface area contributed by atoms with Crippen molar-refractivity contribution < 1.29 is 14.6 Å². The summed E-state index contributed by atoms with van der Waals surface area (Å²) in [6, 6.07) is 6.27. The summed E-state index contributed by atoms with van der Waals surface area (Å²) in [7, 11) is 0.